The second-order valence-electron chi connectivity index (χ2n) is 5.52. The number of rotatable bonds is 0. The fourth-order valence-corrected chi connectivity index (χ4v) is 2.27. The molecule has 0 unspecified atom stereocenters. The van der Waals surface area contributed by atoms with Crippen LogP contribution in [0.25, 0.3) is 0 Å². The Morgan fingerprint density at radius 1 is 0.421 bits per heavy atom. The van der Waals surface area contributed by atoms with Gasteiger partial charge in [-0.2, -0.15) is 0 Å². The fourth-order valence-electron chi connectivity index (χ4n) is 2.27. The van der Waals surface area contributed by atoms with Crippen molar-refractivity contribution in [2.75, 3.05) is 0 Å². The summed E-state index contributed by atoms with van der Waals surface area (Å²) < 4.78 is 0. The lowest BCUT2D eigenvalue weighted by molar-refractivity contribution is 0.973. The summed E-state index contributed by atoms with van der Waals surface area (Å²) in [7, 11) is 0. The van der Waals surface area contributed by atoms with Crippen LogP contribution in [-0.4, -0.2) is 23.1 Å². The molecule has 2 aliphatic carbocycles. The van der Waals surface area contributed by atoms with E-state index in [1.54, 1.807) is 0 Å². The molecule has 0 nitrogen and oxygen atoms in total. The van der Waals surface area contributed by atoms with E-state index in [0.717, 1.165) is 0 Å². The van der Waals surface area contributed by atoms with Crippen molar-refractivity contribution < 1.29 is 0 Å². The van der Waals surface area contributed by atoms with Gasteiger partial charge in [0.15, 0.2) is 0 Å². The molecule has 2 aliphatic rings. The maximum atomic E-state index is 2.24. The Morgan fingerprint density at radius 3 is 0.632 bits per heavy atom. The Bertz CT molecular complexity index is 200. The summed E-state index contributed by atoms with van der Waals surface area (Å²) in [4.78, 5) is 0. The molecule has 100 valence electrons. The third-order valence-corrected chi connectivity index (χ3v) is 4.36. The first-order valence-corrected chi connectivity index (χ1v) is 6.65. The highest BCUT2D eigenvalue weighted by Crippen LogP contribution is 2.46. The van der Waals surface area contributed by atoms with E-state index < -0.39 is 0 Å². The van der Waals surface area contributed by atoms with E-state index in [0.29, 0.717) is 0 Å². The van der Waals surface area contributed by atoms with Gasteiger partial charge in [0.2, 0.25) is 0 Å². The zero-order valence-electron chi connectivity index (χ0n) is 13.9. The first-order chi connectivity index (χ1) is 8.25. The lowest BCUT2D eigenvalue weighted by atomic mass is 9.92. The molecule has 0 amide bonds. The lowest BCUT2D eigenvalue weighted by Gasteiger charge is -2.12. The van der Waals surface area contributed by atoms with E-state index in [1.165, 1.54) is 47.3 Å². The summed E-state index contributed by atoms with van der Waals surface area (Å²) in [6.45, 7) is 17.4. The monoisotopic (exact) mass is 266 g/mol. The minimum absolute atomic E-state index is 0. The van der Waals surface area contributed by atoms with Crippen LogP contribution in [0.15, 0.2) is 0 Å². The topological polar surface area (TPSA) is 0 Å². The van der Waals surface area contributed by atoms with E-state index >= 15 is 0 Å². The number of hydrogen-bond donors (Lipinski definition) is 0. The van der Waals surface area contributed by atoms with Gasteiger partial charge in [-0.25, -0.2) is 0 Å². The van der Waals surface area contributed by atoms with Crippen molar-refractivity contribution in [2.45, 2.75) is 55.4 Å². The van der Waals surface area contributed by atoms with Crippen molar-refractivity contribution >= 4 is 23.1 Å². The van der Waals surface area contributed by atoms with Crippen molar-refractivity contribution in [3.05, 3.63) is 60.2 Å². The Morgan fingerprint density at radius 2 is 0.579 bits per heavy atom. The van der Waals surface area contributed by atoms with Crippen LogP contribution >= 0.6 is 0 Å². The Kier molecular flexibility index (Phi) is 8.60. The standard InChI is InChI=1S/2C9H13.Mg/c2*1-6-5-7(2)9(4)8(6)3;/h2*5H,1-4H3;. The lowest BCUT2D eigenvalue weighted by Crippen LogP contribution is -2.00. The second-order valence-corrected chi connectivity index (χ2v) is 5.52. The minimum atomic E-state index is 0. The van der Waals surface area contributed by atoms with Gasteiger partial charge in [0.25, 0.3) is 0 Å². The fraction of sp³-hybridized carbons (Fsp3) is 0.444. The van der Waals surface area contributed by atoms with Gasteiger partial charge >= 0.3 is 0 Å². The summed E-state index contributed by atoms with van der Waals surface area (Å²) in [6, 6.07) is 0. The van der Waals surface area contributed by atoms with Gasteiger partial charge in [-0.05, 0) is 60.2 Å². The highest BCUT2D eigenvalue weighted by atomic mass is 24.3. The molecule has 1 heteroatoms. The molecule has 0 aliphatic heterocycles. The van der Waals surface area contributed by atoms with Crippen LogP contribution in [0.4, 0.5) is 0 Å². The van der Waals surface area contributed by atoms with Gasteiger partial charge < -0.3 is 0 Å². The molecule has 0 aromatic carbocycles. The molecule has 0 heterocycles. The quantitative estimate of drug-likeness (QED) is 0.554. The predicted octanol–water partition coefficient (Wildman–Crippen LogP) is 4.78. The molecule has 0 aromatic heterocycles. The van der Waals surface area contributed by atoms with Crippen LogP contribution in [0.2, 0.25) is 0 Å². The molecule has 12 radical (unpaired) electrons. The molecule has 0 atom stereocenters. The zero-order valence-corrected chi connectivity index (χ0v) is 15.3. The van der Waals surface area contributed by atoms with E-state index in [4.69, 9.17) is 0 Å². The van der Waals surface area contributed by atoms with Crippen LogP contribution in [0.3, 0.4) is 0 Å². The first kappa shape index (κ1) is 19.8. The molecule has 0 aromatic rings. The second kappa shape index (κ2) is 8.27. The Labute approximate surface area is 138 Å². The van der Waals surface area contributed by atoms with Gasteiger partial charge in [-0.1, -0.05) is 55.4 Å². The van der Waals surface area contributed by atoms with Crippen molar-refractivity contribution in [3.63, 3.8) is 0 Å². The summed E-state index contributed by atoms with van der Waals surface area (Å²) in [5.74, 6) is 11.5. The molecule has 2 saturated carbocycles. The van der Waals surface area contributed by atoms with Crippen LogP contribution in [0, 0.1) is 60.2 Å². The average Bonchev–Trinajstić information content (AvgIpc) is 2.66. The normalized spacial score (nSPS) is 26.5. The van der Waals surface area contributed by atoms with Crippen LogP contribution in [0.1, 0.15) is 55.4 Å². The van der Waals surface area contributed by atoms with Crippen LogP contribution < -0.4 is 0 Å². The summed E-state index contributed by atoms with van der Waals surface area (Å²) >= 11 is 0. The zero-order chi connectivity index (χ0) is 14.0. The van der Waals surface area contributed by atoms with Gasteiger partial charge in [-0.15, -0.1) is 0 Å². The van der Waals surface area contributed by atoms with Gasteiger partial charge in [0, 0.05) is 23.1 Å². The number of hydrogen-bond acceptors (Lipinski definition) is 0. The predicted molar refractivity (Wildman–Crippen MR) is 85.7 cm³/mol. The molecule has 2 fully saturated rings. The third-order valence-electron chi connectivity index (χ3n) is 4.36. The van der Waals surface area contributed by atoms with Crippen molar-refractivity contribution in [1.29, 1.82) is 0 Å². The summed E-state index contributed by atoms with van der Waals surface area (Å²) in [5.41, 5.74) is 0. The molecule has 0 bridgehead atoms. The van der Waals surface area contributed by atoms with E-state index in [-0.39, 0.29) is 23.1 Å². The Balaban J connectivity index is 0.000000324. The molecular formula is C18H26Mg. The van der Waals surface area contributed by atoms with Crippen molar-refractivity contribution in [1.82, 2.24) is 0 Å². The van der Waals surface area contributed by atoms with E-state index in [2.05, 4.69) is 68.2 Å². The third kappa shape index (κ3) is 4.91. The first-order valence-electron chi connectivity index (χ1n) is 6.65. The largest absolute Gasteiger partial charge is 0.0582 e. The van der Waals surface area contributed by atoms with Crippen molar-refractivity contribution in [3.8, 4) is 0 Å². The Hall–Kier alpha value is 0.766. The van der Waals surface area contributed by atoms with Gasteiger partial charge in [0.1, 0.15) is 0 Å². The molecule has 2 rings (SSSR count). The minimum Gasteiger partial charge on any atom is -0.0582 e. The summed E-state index contributed by atoms with van der Waals surface area (Å²) in [6.07, 6.45) is 4.48. The van der Waals surface area contributed by atoms with E-state index in [1.807, 2.05) is 0 Å². The molecule has 0 spiro atoms. The maximum absolute atomic E-state index is 2.24. The maximum Gasteiger partial charge on any atom is 0 e. The van der Waals surface area contributed by atoms with Crippen LogP contribution in [-0.2, 0) is 0 Å². The molecular weight excluding hydrogens is 241 g/mol. The van der Waals surface area contributed by atoms with E-state index in [9.17, 15) is 0 Å². The van der Waals surface area contributed by atoms with Gasteiger partial charge in [-0.3, -0.25) is 0 Å². The smallest absolute Gasteiger partial charge is 0 e. The van der Waals surface area contributed by atoms with Gasteiger partial charge in [0.05, 0.1) is 0 Å². The molecule has 19 heavy (non-hydrogen) atoms. The highest BCUT2D eigenvalue weighted by molar-refractivity contribution is 5.75. The SMILES string of the molecule is C[C]1[CH][C](C)[C](C)[C]1C.C[C]1[CH][C](C)[C](C)[C]1C.[Mg]. The summed E-state index contributed by atoms with van der Waals surface area (Å²) in [5, 5.41) is 0. The molecule has 0 saturated heterocycles. The average molecular weight is 267 g/mol. The van der Waals surface area contributed by atoms with Crippen LogP contribution in [0.5, 0.6) is 0 Å². The molecule has 0 N–H and O–H groups in total. The van der Waals surface area contributed by atoms with Crippen molar-refractivity contribution in [2.24, 2.45) is 0 Å². The highest BCUT2D eigenvalue weighted by Gasteiger charge is 2.34.